The monoisotopic (exact) mass is 386 g/mol. The number of nitrogens with zero attached hydrogens (tertiary/aromatic N) is 5. The van der Waals surface area contributed by atoms with Gasteiger partial charge >= 0.3 is 6.03 Å². The van der Waals surface area contributed by atoms with E-state index < -0.39 is 0 Å². The van der Waals surface area contributed by atoms with Crippen LogP contribution in [0.2, 0.25) is 0 Å². The van der Waals surface area contributed by atoms with Crippen LogP contribution in [-0.4, -0.2) is 40.1 Å². The zero-order valence-electron chi connectivity index (χ0n) is 16.5. The first kappa shape index (κ1) is 17.6. The molecular weight excluding hydrogens is 364 g/mol. The standard InChI is InChI=1S/C22H22N6O/c1-14-10-19(16-5-8-24-15(2)11-16)26-21-20(14)27-9-6-18(13-27)28(21)22(29)25-17-4-3-7-23-12-17/h3-5,7-8,10-12,18H,6,9,13H2,1-2H3,(H,25,29). The molecule has 1 atom stereocenters. The summed E-state index contributed by atoms with van der Waals surface area (Å²) in [5.74, 6) is 0.726. The van der Waals surface area contributed by atoms with Crippen molar-refractivity contribution in [3.8, 4) is 11.3 Å². The first-order valence-electron chi connectivity index (χ1n) is 9.80. The minimum atomic E-state index is -0.166. The number of carbonyl (C=O) groups is 1. The molecule has 7 heteroatoms. The maximum atomic E-state index is 13.2. The van der Waals surface area contributed by atoms with Crippen molar-refractivity contribution in [2.45, 2.75) is 26.3 Å². The minimum absolute atomic E-state index is 0.112. The summed E-state index contributed by atoms with van der Waals surface area (Å²) in [5, 5.41) is 2.98. The van der Waals surface area contributed by atoms with Crippen LogP contribution in [0.15, 0.2) is 48.9 Å². The number of hydrogen-bond donors (Lipinski definition) is 1. The van der Waals surface area contributed by atoms with E-state index in [1.165, 1.54) is 0 Å². The summed E-state index contributed by atoms with van der Waals surface area (Å²) in [6, 6.07) is 9.67. The second-order valence-electron chi connectivity index (χ2n) is 7.61. The lowest BCUT2D eigenvalue weighted by molar-refractivity contribution is 0.255. The molecule has 3 aromatic rings. The average molecular weight is 386 g/mol. The molecule has 2 aliphatic heterocycles. The SMILES string of the molecule is Cc1cc(-c2cc(C)c3c(n2)N(C(=O)Nc2cccnc2)C2CCN3C2)ccn1. The van der Waals surface area contributed by atoms with Crippen molar-refractivity contribution in [1.82, 2.24) is 15.0 Å². The molecule has 7 nitrogen and oxygen atoms in total. The molecule has 2 bridgehead atoms. The molecule has 1 fully saturated rings. The Balaban J connectivity index is 1.59. The van der Waals surface area contributed by atoms with Crippen LogP contribution in [0, 0.1) is 13.8 Å². The molecule has 1 N–H and O–H groups in total. The molecule has 146 valence electrons. The molecule has 1 saturated heterocycles. The van der Waals surface area contributed by atoms with Crippen molar-refractivity contribution in [2.75, 3.05) is 28.2 Å². The molecule has 0 radical (unpaired) electrons. The van der Waals surface area contributed by atoms with E-state index in [1.54, 1.807) is 18.6 Å². The van der Waals surface area contributed by atoms with Crippen molar-refractivity contribution >= 4 is 23.2 Å². The Morgan fingerprint density at radius 3 is 2.90 bits per heavy atom. The Morgan fingerprint density at radius 1 is 1.21 bits per heavy atom. The molecule has 29 heavy (non-hydrogen) atoms. The Bertz CT molecular complexity index is 1080. The van der Waals surface area contributed by atoms with Crippen LogP contribution in [0.4, 0.5) is 22.0 Å². The van der Waals surface area contributed by atoms with E-state index in [9.17, 15) is 4.79 Å². The second kappa shape index (κ2) is 6.84. The summed E-state index contributed by atoms with van der Waals surface area (Å²) in [5.41, 5.74) is 5.65. The third kappa shape index (κ3) is 3.08. The van der Waals surface area contributed by atoms with Gasteiger partial charge in [-0.05, 0) is 56.2 Å². The van der Waals surface area contributed by atoms with Crippen LogP contribution in [0.25, 0.3) is 11.3 Å². The van der Waals surface area contributed by atoms with Gasteiger partial charge in [0.15, 0.2) is 5.82 Å². The highest BCUT2D eigenvalue weighted by Crippen LogP contribution is 2.42. The Kier molecular flexibility index (Phi) is 4.16. The van der Waals surface area contributed by atoms with Gasteiger partial charge in [0.25, 0.3) is 0 Å². The number of nitrogens with one attached hydrogen (secondary N) is 1. The fraction of sp³-hybridized carbons (Fsp3) is 0.273. The molecule has 0 saturated carbocycles. The van der Waals surface area contributed by atoms with Crippen molar-refractivity contribution < 1.29 is 4.79 Å². The number of pyridine rings is 3. The quantitative estimate of drug-likeness (QED) is 0.725. The largest absolute Gasteiger partial charge is 0.366 e. The number of aryl methyl sites for hydroxylation is 2. The molecule has 1 unspecified atom stereocenters. The van der Waals surface area contributed by atoms with E-state index >= 15 is 0 Å². The van der Waals surface area contributed by atoms with Gasteiger partial charge in [0, 0.05) is 36.7 Å². The molecule has 0 aliphatic carbocycles. The topological polar surface area (TPSA) is 74.2 Å². The van der Waals surface area contributed by atoms with Crippen LogP contribution >= 0.6 is 0 Å². The molecule has 0 spiro atoms. The predicted molar refractivity (Wildman–Crippen MR) is 113 cm³/mol. The number of rotatable bonds is 2. The van der Waals surface area contributed by atoms with Crippen molar-refractivity contribution in [1.29, 1.82) is 0 Å². The normalized spacial score (nSPS) is 17.2. The highest BCUT2D eigenvalue weighted by Gasteiger charge is 2.41. The lowest BCUT2D eigenvalue weighted by Gasteiger charge is -2.37. The maximum absolute atomic E-state index is 13.2. The number of carbonyl (C=O) groups excluding carboxylic acids is 1. The van der Waals surface area contributed by atoms with Gasteiger partial charge in [-0.25, -0.2) is 9.78 Å². The fourth-order valence-corrected chi connectivity index (χ4v) is 4.27. The first-order valence-corrected chi connectivity index (χ1v) is 9.80. The lowest BCUT2D eigenvalue weighted by atomic mass is 10.1. The van der Waals surface area contributed by atoms with Gasteiger partial charge in [-0.3, -0.25) is 14.9 Å². The smallest absolute Gasteiger partial charge is 0.327 e. The van der Waals surface area contributed by atoms with Crippen LogP contribution in [0.1, 0.15) is 17.7 Å². The van der Waals surface area contributed by atoms with Gasteiger partial charge in [0.05, 0.1) is 29.3 Å². The van der Waals surface area contributed by atoms with E-state index in [4.69, 9.17) is 4.98 Å². The minimum Gasteiger partial charge on any atom is -0.366 e. The highest BCUT2D eigenvalue weighted by atomic mass is 16.2. The van der Waals surface area contributed by atoms with Crippen molar-refractivity contribution in [3.05, 3.63) is 60.2 Å². The van der Waals surface area contributed by atoms with Gasteiger partial charge in [-0.1, -0.05) is 0 Å². The second-order valence-corrected chi connectivity index (χ2v) is 7.61. The van der Waals surface area contributed by atoms with Gasteiger partial charge < -0.3 is 10.2 Å². The van der Waals surface area contributed by atoms with Crippen LogP contribution < -0.4 is 15.1 Å². The van der Waals surface area contributed by atoms with E-state index in [1.807, 2.05) is 36.1 Å². The average Bonchev–Trinajstić information content (AvgIpc) is 3.12. The Morgan fingerprint density at radius 2 is 2.10 bits per heavy atom. The van der Waals surface area contributed by atoms with Crippen LogP contribution in [-0.2, 0) is 0 Å². The third-order valence-corrected chi connectivity index (χ3v) is 5.56. The number of urea groups is 1. The van der Waals surface area contributed by atoms with Crippen molar-refractivity contribution in [3.63, 3.8) is 0 Å². The van der Waals surface area contributed by atoms with Gasteiger partial charge in [0.1, 0.15) is 0 Å². The Labute approximate surface area is 169 Å². The number of hydrogen-bond acceptors (Lipinski definition) is 5. The molecule has 2 aliphatic rings. The summed E-state index contributed by atoms with van der Waals surface area (Å²) in [7, 11) is 0. The van der Waals surface area contributed by atoms with E-state index in [0.29, 0.717) is 5.69 Å². The molecule has 5 heterocycles. The summed E-state index contributed by atoms with van der Waals surface area (Å²) < 4.78 is 0. The Hall–Kier alpha value is -3.48. The van der Waals surface area contributed by atoms with Crippen LogP contribution in [0.5, 0.6) is 0 Å². The summed E-state index contributed by atoms with van der Waals surface area (Å²) in [6.07, 6.45) is 6.06. The van der Waals surface area contributed by atoms with Gasteiger partial charge in [-0.15, -0.1) is 0 Å². The zero-order valence-corrected chi connectivity index (χ0v) is 16.5. The molecular formula is C22H22N6O. The highest BCUT2D eigenvalue weighted by molar-refractivity contribution is 6.05. The summed E-state index contributed by atoms with van der Waals surface area (Å²) >= 11 is 0. The molecule has 2 amide bonds. The van der Waals surface area contributed by atoms with E-state index in [2.05, 4.69) is 33.2 Å². The lowest BCUT2D eigenvalue weighted by Crippen LogP contribution is -2.48. The zero-order chi connectivity index (χ0) is 20.0. The van der Waals surface area contributed by atoms with E-state index in [0.717, 1.165) is 53.5 Å². The molecule has 5 rings (SSSR count). The number of fused-ring (bicyclic) bond motifs is 4. The van der Waals surface area contributed by atoms with Gasteiger partial charge in [-0.2, -0.15) is 0 Å². The molecule has 0 aromatic carbocycles. The van der Waals surface area contributed by atoms with Gasteiger partial charge in [0.2, 0.25) is 0 Å². The number of amides is 2. The number of aromatic nitrogens is 3. The van der Waals surface area contributed by atoms with Crippen LogP contribution in [0.3, 0.4) is 0 Å². The molecule has 3 aromatic heterocycles. The summed E-state index contributed by atoms with van der Waals surface area (Å²) in [4.78, 5) is 30.7. The summed E-state index contributed by atoms with van der Waals surface area (Å²) in [6.45, 7) is 5.83. The number of anilines is 3. The third-order valence-electron chi connectivity index (χ3n) is 5.56. The maximum Gasteiger partial charge on any atom is 0.327 e. The fourth-order valence-electron chi connectivity index (χ4n) is 4.27. The predicted octanol–water partition coefficient (Wildman–Crippen LogP) is 3.79. The van der Waals surface area contributed by atoms with E-state index in [-0.39, 0.29) is 12.1 Å². The first-order chi connectivity index (χ1) is 14.1. The van der Waals surface area contributed by atoms with Crippen molar-refractivity contribution in [2.24, 2.45) is 0 Å².